The van der Waals surface area contributed by atoms with Crippen LogP contribution in [0, 0.1) is 0 Å². The molecule has 0 bridgehead atoms. The molecule has 0 aliphatic carbocycles. The third-order valence-corrected chi connectivity index (χ3v) is 6.41. The van der Waals surface area contributed by atoms with E-state index < -0.39 is 22.6 Å². The Morgan fingerprint density at radius 2 is 1.87 bits per heavy atom. The fraction of sp³-hybridized carbons (Fsp3) is 0.381. The molecule has 3 aromatic rings. The molecule has 1 fully saturated rings. The van der Waals surface area contributed by atoms with Crippen molar-refractivity contribution >= 4 is 20.7 Å². The maximum absolute atomic E-state index is 12.5. The van der Waals surface area contributed by atoms with Crippen molar-refractivity contribution in [2.24, 2.45) is 0 Å². The smallest absolute Gasteiger partial charge is 0.401 e. The molecule has 0 atom stereocenters. The molecular formula is C21H22F3N3O3S. The minimum Gasteiger partial charge on any atom is -0.489 e. The highest BCUT2D eigenvalue weighted by Crippen LogP contribution is 2.25. The van der Waals surface area contributed by atoms with Gasteiger partial charge in [-0.25, -0.2) is 13.4 Å². The molecule has 4 rings (SSSR count). The van der Waals surface area contributed by atoms with E-state index in [0.29, 0.717) is 37.5 Å². The lowest BCUT2D eigenvalue weighted by molar-refractivity contribution is -0.149. The molecule has 1 aliphatic heterocycles. The standard InChI is InChI=1S/C21H22F3N3O3S/c1-31(28,29)18-3-4-19-15(12-18)6-11-27(19)20-5-2-17(13-25-20)30-16-7-9-26(10-8-16)14-21(22,23)24/h2-6,11-13,16H,7-10,14H2,1H3. The van der Waals surface area contributed by atoms with E-state index in [9.17, 15) is 21.6 Å². The van der Waals surface area contributed by atoms with Gasteiger partial charge in [-0.15, -0.1) is 0 Å². The quantitative estimate of drug-likeness (QED) is 0.588. The molecule has 166 valence electrons. The van der Waals surface area contributed by atoms with Crippen LogP contribution < -0.4 is 4.74 Å². The highest BCUT2D eigenvalue weighted by atomic mass is 32.2. The summed E-state index contributed by atoms with van der Waals surface area (Å²) in [5.41, 5.74) is 0.825. The van der Waals surface area contributed by atoms with E-state index in [1.807, 2.05) is 16.8 Å². The molecule has 2 aromatic heterocycles. The molecule has 31 heavy (non-hydrogen) atoms. The molecule has 0 spiro atoms. The van der Waals surface area contributed by atoms with Gasteiger partial charge in [0.05, 0.1) is 23.2 Å². The molecule has 1 aromatic carbocycles. The van der Waals surface area contributed by atoms with Crippen LogP contribution in [0.5, 0.6) is 5.75 Å². The molecule has 1 saturated heterocycles. The van der Waals surface area contributed by atoms with E-state index in [4.69, 9.17) is 4.74 Å². The Balaban J connectivity index is 1.42. The van der Waals surface area contributed by atoms with Gasteiger partial charge in [-0.1, -0.05) is 0 Å². The molecule has 1 aliphatic rings. The number of benzene rings is 1. The zero-order valence-electron chi connectivity index (χ0n) is 16.8. The monoisotopic (exact) mass is 453 g/mol. The number of piperidine rings is 1. The second-order valence-electron chi connectivity index (χ2n) is 7.74. The number of likely N-dealkylation sites (tertiary alicyclic amines) is 1. The number of aromatic nitrogens is 2. The second kappa shape index (κ2) is 8.16. The number of halogens is 3. The zero-order valence-corrected chi connectivity index (χ0v) is 17.7. The lowest BCUT2D eigenvalue weighted by Crippen LogP contribution is -2.42. The van der Waals surface area contributed by atoms with Crippen LogP contribution in [0.25, 0.3) is 16.7 Å². The van der Waals surface area contributed by atoms with Crippen LogP contribution in [-0.4, -0.2) is 61.0 Å². The minimum absolute atomic E-state index is 0.140. The van der Waals surface area contributed by atoms with Crippen molar-refractivity contribution in [3.05, 3.63) is 48.8 Å². The van der Waals surface area contributed by atoms with Gasteiger partial charge in [-0.2, -0.15) is 13.2 Å². The van der Waals surface area contributed by atoms with Gasteiger partial charge in [0.15, 0.2) is 9.84 Å². The van der Waals surface area contributed by atoms with Gasteiger partial charge in [-0.05, 0) is 49.2 Å². The van der Waals surface area contributed by atoms with E-state index in [-0.39, 0.29) is 11.0 Å². The first-order valence-corrected chi connectivity index (χ1v) is 11.7. The van der Waals surface area contributed by atoms with Crippen molar-refractivity contribution in [3.63, 3.8) is 0 Å². The Morgan fingerprint density at radius 3 is 2.48 bits per heavy atom. The molecule has 3 heterocycles. The van der Waals surface area contributed by atoms with E-state index in [1.165, 1.54) is 11.2 Å². The van der Waals surface area contributed by atoms with Gasteiger partial charge >= 0.3 is 6.18 Å². The first kappa shape index (κ1) is 21.6. The van der Waals surface area contributed by atoms with E-state index >= 15 is 0 Å². The topological polar surface area (TPSA) is 64.4 Å². The largest absolute Gasteiger partial charge is 0.489 e. The van der Waals surface area contributed by atoms with Crippen molar-refractivity contribution in [1.29, 1.82) is 0 Å². The van der Waals surface area contributed by atoms with Gasteiger partial charge in [0, 0.05) is 30.9 Å². The summed E-state index contributed by atoms with van der Waals surface area (Å²) >= 11 is 0. The number of fused-ring (bicyclic) bond motifs is 1. The Bertz CT molecular complexity index is 1170. The SMILES string of the molecule is CS(=O)(=O)c1ccc2c(ccn2-c2ccc(OC3CCN(CC(F)(F)F)CC3)cn2)c1. The van der Waals surface area contributed by atoms with Crippen molar-refractivity contribution in [1.82, 2.24) is 14.5 Å². The van der Waals surface area contributed by atoms with Gasteiger partial charge in [0.1, 0.15) is 17.7 Å². The number of alkyl halides is 3. The summed E-state index contributed by atoms with van der Waals surface area (Å²) in [5.74, 6) is 1.21. The summed E-state index contributed by atoms with van der Waals surface area (Å²) in [7, 11) is -3.28. The van der Waals surface area contributed by atoms with Gasteiger partial charge in [0.25, 0.3) is 0 Å². The number of rotatable bonds is 5. The first-order valence-electron chi connectivity index (χ1n) is 9.82. The van der Waals surface area contributed by atoms with E-state index in [2.05, 4.69) is 4.98 Å². The highest BCUT2D eigenvalue weighted by molar-refractivity contribution is 7.90. The summed E-state index contributed by atoms with van der Waals surface area (Å²) in [6.45, 7) is -0.187. The summed E-state index contributed by atoms with van der Waals surface area (Å²) in [4.78, 5) is 6.09. The zero-order chi connectivity index (χ0) is 22.2. The molecule has 0 radical (unpaired) electrons. The van der Waals surface area contributed by atoms with Crippen LogP contribution in [0.4, 0.5) is 13.2 Å². The summed E-state index contributed by atoms with van der Waals surface area (Å²) < 4.78 is 68.7. The van der Waals surface area contributed by atoms with Crippen LogP contribution in [0.15, 0.2) is 53.7 Å². The number of nitrogens with zero attached hydrogens (tertiary/aromatic N) is 3. The average molecular weight is 453 g/mol. The van der Waals surface area contributed by atoms with Gasteiger partial charge in [-0.3, -0.25) is 4.90 Å². The predicted molar refractivity (Wildman–Crippen MR) is 110 cm³/mol. The fourth-order valence-corrected chi connectivity index (χ4v) is 4.42. The molecule has 10 heteroatoms. The van der Waals surface area contributed by atoms with Crippen molar-refractivity contribution in [3.8, 4) is 11.6 Å². The minimum atomic E-state index is -4.18. The Kier molecular flexibility index (Phi) is 5.69. The third-order valence-electron chi connectivity index (χ3n) is 5.30. The molecular weight excluding hydrogens is 431 g/mol. The lowest BCUT2D eigenvalue weighted by atomic mass is 10.1. The molecule has 0 N–H and O–H groups in total. The number of sulfone groups is 1. The molecule has 0 saturated carbocycles. The Hall–Kier alpha value is -2.59. The van der Waals surface area contributed by atoms with Crippen molar-refractivity contribution < 1.29 is 26.3 Å². The van der Waals surface area contributed by atoms with Crippen molar-refractivity contribution in [2.75, 3.05) is 25.9 Å². The maximum atomic E-state index is 12.5. The summed E-state index contributed by atoms with van der Waals surface area (Å²) in [5, 5.41) is 0.788. The van der Waals surface area contributed by atoms with Crippen LogP contribution in [0.2, 0.25) is 0 Å². The predicted octanol–water partition coefficient (Wildman–Crippen LogP) is 3.83. The average Bonchev–Trinajstić information content (AvgIpc) is 3.12. The van der Waals surface area contributed by atoms with Gasteiger partial charge < -0.3 is 9.30 Å². The van der Waals surface area contributed by atoms with Crippen LogP contribution >= 0.6 is 0 Å². The molecule has 0 amide bonds. The normalized spacial score (nSPS) is 16.6. The fourth-order valence-electron chi connectivity index (χ4n) is 3.77. The second-order valence-corrected chi connectivity index (χ2v) is 9.75. The number of ether oxygens (including phenoxy) is 1. The molecule has 0 unspecified atom stereocenters. The number of hydrogen-bond acceptors (Lipinski definition) is 5. The number of pyridine rings is 1. The van der Waals surface area contributed by atoms with Gasteiger partial charge in [0.2, 0.25) is 0 Å². The van der Waals surface area contributed by atoms with E-state index in [1.54, 1.807) is 36.5 Å². The Morgan fingerprint density at radius 1 is 1.13 bits per heavy atom. The summed E-state index contributed by atoms with van der Waals surface area (Å²) in [6, 6.07) is 10.3. The van der Waals surface area contributed by atoms with Crippen LogP contribution in [0.1, 0.15) is 12.8 Å². The number of hydrogen-bond donors (Lipinski definition) is 0. The van der Waals surface area contributed by atoms with Crippen molar-refractivity contribution in [2.45, 2.75) is 30.0 Å². The lowest BCUT2D eigenvalue weighted by Gasteiger charge is -2.32. The van der Waals surface area contributed by atoms with E-state index in [0.717, 1.165) is 10.9 Å². The van der Waals surface area contributed by atoms with Crippen LogP contribution in [0.3, 0.4) is 0 Å². The molecule has 6 nitrogen and oxygen atoms in total. The Labute approximate surface area is 178 Å². The first-order chi connectivity index (χ1) is 14.6. The summed E-state index contributed by atoms with van der Waals surface area (Å²) in [6.07, 6.45) is 1.32. The highest BCUT2D eigenvalue weighted by Gasteiger charge is 2.32. The third kappa shape index (κ3) is 5.19. The van der Waals surface area contributed by atoms with Crippen LogP contribution in [-0.2, 0) is 9.84 Å². The maximum Gasteiger partial charge on any atom is 0.401 e.